The number of aromatic amines is 2. The van der Waals surface area contributed by atoms with E-state index >= 15 is 0 Å². The molecule has 1 atom stereocenters. The van der Waals surface area contributed by atoms with E-state index in [0.29, 0.717) is 0 Å². The lowest BCUT2D eigenvalue weighted by Gasteiger charge is -2.21. The average Bonchev–Trinajstić information content (AvgIpc) is 3.15. The Morgan fingerprint density at radius 2 is 2.09 bits per heavy atom. The maximum absolute atomic E-state index is 4.74. The second kappa shape index (κ2) is 5.53. The van der Waals surface area contributed by atoms with Crippen LogP contribution < -0.4 is 0 Å². The van der Waals surface area contributed by atoms with Crippen molar-refractivity contribution in [2.24, 2.45) is 0 Å². The SMILES string of the molecule is C=Cc1nc(C2CCCc3c2[nH]c2ccc(Br)cc32)[nH]c1C=C. The molecule has 1 aromatic carbocycles. The van der Waals surface area contributed by atoms with Gasteiger partial charge in [-0.2, -0.15) is 0 Å². The van der Waals surface area contributed by atoms with E-state index in [1.54, 1.807) is 12.2 Å². The Balaban J connectivity index is 1.87. The van der Waals surface area contributed by atoms with Crippen molar-refractivity contribution in [3.05, 3.63) is 64.3 Å². The topological polar surface area (TPSA) is 44.5 Å². The number of benzene rings is 1. The van der Waals surface area contributed by atoms with E-state index in [9.17, 15) is 0 Å². The zero-order chi connectivity index (χ0) is 16.0. The van der Waals surface area contributed by atoms with Crippen molar-refractivity contribution in [2.75, 3.05) is 0 Å². The number of H-pyrrole nitrogens is 2. The predicted octanol–water partition coefficient (Wildman–Crippen LogP) is 5.41. The molecule has 4 heteroatoms. The zero-order valence-electron chi connectivity index (χ0n) is 12.8. The molecule has 0 aliphatic heterocycles. The molecule has 3 aromatic rings. The van der Waals surface area contributed by atoms with E-state index in [-0.39, 0.29) is 5.92 Å². The summed E-state index contributed by atoms with van der Waals surface area (Å²) >= 11 is 3.58. The summed E-state index contributed by atoms with van der Waals surface area (Å²) in [5.74, 6) is 1.28. The quantitative estimate of drug-likeness (QED) is 0.638. The highest BCUT2D eigenvalue weighted by atomic mass is 79.9. The first-order chi connectivity index (χ1) is 11.2. The van der Waals surface area contributed by atoms with Gasteiger partial charge in [0.2, 0.25) is 0 Å². The largest absolute Gasteiger partial charge is 0.358 e. The van der Waals surface area contributed by atoms with E-state index in [2.05, 4.69) is 57.3 Å². The molecule has 23 heavy (non-hydrogen) atoms. The average molecular weight is 368 g/mol. The molecule has 4 rings (SSSR count). The van der Waals surface area contributed by atoms with Crippen molar-refractivity contribution in [3.8, 4) is 0 Å². The summed E-state index contributed by atoms with van der Waals surface area (Å²) in [7, 11) is 0. The van der Waals surface area contributed by atoms with Crippen LogP contribution >= 0.6 is 15.9 Å². The van der Waals surface area contributed by atoms with Gasteiger partial charge in [-0.25, -0.2) is 4.98 Å². The first kappa shape index (κ1) is 14.5. The van der Waals surface area contributed by atoms with Crippen LogP contribution in [0.2, 0.25) is 0 Å². The van der Waals surface area contributed by atoms with Gasteiger partial charge in [-0.3, -0.25) is 0 Å². The Kier molecular flexibility index (Phi) is 3.49. The molecular weight excluding hydrogens is 350 g/mol. The predicted molar refractivity (Wildman–Crippen MR) is 99.5 cm³/mol. The number of hydrogen-bond acceptors (Lipinski definition) is 1. The van der Waals surface area contributed by atoms with Gasteiger partial charge in [0.15, 0.2) is 0 Å². The molecule has 2 aromatic heterocycles. The molecule has 2 N–H and O–H groups in total. The molecule has 116 valence electrons. The molecule has 0 spiro atoms. The molecule has 0 bridgehead atoms. The number of nitrogens with one attached hydrogen (secondary N) is 2. The Morgan fingerprint density at radius 1 is 1.22 bits per heavy atom. The molecule has 1 aliphatic rings. The minimum absolute atomic E-state index is 0.275. The van der Waals surface area contributed by atoms with Gasteiger partial charge in [-0.1, -0.05) is 29.1 Å². The number of aromatic nitrogens is 3. The van der Waals surface area contributed by atoms with E-state index in [1.165, 1.54) is 28.6 Å². The number of rotatable bonds is 3. The van der Waals surface area contributed by atoms with Gasteiger partial charge < -0.3 is 9.97 Å². The van der Waals surface area contributed by atoms with Crippen molar-refractivity contribution >= 4 is 39.0 Å². The van der Waals surface area contributed by atoms with Gasteiger partial charge in [0.1, 0.15) is 5.82 Å². The Labute approximate surface area is 143 Å². The first-order valence-electron chi connectivity index (χ1n) is 7.86. The molecule has 0 fully saturated rings. The van der Waals surface area contributed by atoms with E-state index in [1.807, 2.05) is 0 Å². The van der Waals surface area contributed by atoms with Crippen LogP contribution in [-0.2, 0) is 6.42 Å². The minimum atomic E-state index is 0.275. The van der Waals surface area contributed by atoms with Crippen molar-refractivity contribution in [3.63, 3.8) is 0 Å². The Bertz CT molecular complexity index is 891. The van der Waals surface area contributed by atoms with Crippen LogP contribution in [0.15, 0.2) is 35.8 Å². The molecule has 0 radical (unpaired) electrons. The lowest BCUT2D eigenvalue weighted by molar-refractivity contribution is 0.587. The number of aryl methyl sites for hydroxylation is 1. The standard InChI is InChI=1S/C19H18BrN3/c1-3-15-16(4-2)23-19(22-15)13-7-5-6-12-14-10-11(20)8-9-17(14)21-18(12)13/h3-4,8-10,13,21H,1-2,5-7H2,(H,22,23). The molecule has 3 nitrogen and oxygen atoms in total. The normalized spacial score (nSPS) is 17.2. The third-order valence-electron chi connectivity index (χ3n) is 4.68. The third kappa shape index (κ3) is 2.29. The maximum Gasteiger partial charge on any atom is 0.116 e. The van der Waals surface area contributed by atoms with Crippen LogP contribution in [0, 0.1) is 0 Å². The van der Waals surface area contributed by atoms with Crippen LogP contribution in [0.4, 0.5) is 0 Å². The number of fused-ring (bicyclic) bond motifs is 3. The van der Waals surface area contributed by atoms with Gasteiger partial charge in [-0.05, 0) is 55.2 Å². The summed E-state index contributed by atoms with van der Waals surface area (Å²) in [6, 6.07) is 6.43. The van der Waals surface area contributed by atoms with Crippen LogP contribution in [0.3, 0.4) is 0 Å². The van der Waals surface area contributed by atoms with Gasteiger partial charge in [0.25, 0.3) is 0 Å². The molecule has 0 amide bonds. The third-order valence-corrected chi connectivity index (χ3v) is 5.17. The molecule has 0 saturated carbocycles. The summed E-state index contributed by atoms with van der Waals surface area (Å²) in [5, 5.41) is 1.32. The van der Waals surface area contributed by atoms with Crippen LogP contribution in [0.1, 0.15) is 47.2 Å². The Hall–Kier alpha value is -2.07. The van der Waals surface area contributed by atoms with Crippen LogP contribution in [0.5, 0.6) is 0 Å². The molecule has 0 saturated heterocycles. The van der Waals surface area contributed by atoms with Gasteiger partial charge >= 0.3 is 0 Å². The van der Waals surface area contributed by atoms with Gasteiger partial charge in [-0.15, -0.1) is 0 Å². The van der Waals surface area contributed by atoms with Crippen LogP contribution in [-0.4, -0.2) is 15.0 Å². The number of halogens is 1. The number of imidazole rings is 1. The van der Waals surface area contributed by atoms with E-state index in [0.717, 1.165) is 34.5 Å². The highest BCUT2D eigenvalue weighted by molar-refractivity contribution is 9.10. The van der Waals surface area contributed by atoms with Gasteiger partial charge in [0, 0.05) is 21.1 Å². The summed E-state index contributed by atoms with van der Waals surface area (Å²) < 4.78 is 1.12. The molecular formula is C19H18BrN3. The fourth-order valence-corrected chi connectivity index (χ4v) is 3.97. The fourth-order valence-electron chi connectivity index (χ4n) is 3.60. The lowest BCUT2D eigenvalue weighted by Crippen LogP contribution is -2.12. The van der Waals surface area contributed by atoms with E-state index in [4.69, 9.17) is 4.98 Å². The van der Waals surface area contributed by atoms with Crippen LogP contribution in [0.25, 0.3) is 23.1 Å². The van der Waals surface area contributed by atoms with Crippen molar-refractivity contribution < 1.29 is 0 Å². The smallest absolute Gasteiger partial charge is 0.116 e. The molecule has 2 heterocycles. The highest BCUT2D eigenvalue weighted by Crippen LogP contribution is 2.39. The minimum Gasteiger partial charge on any atom is -0.358 e. The van der Waals surface area contributed by atoms with Crippen molar-refractivity contribution in [2.45, 2.75) is 25.2 Å². The Morgan fingerprint density at radius 3 is 2.83 bits per heavy atom. The second-order valence-corrected chi connectivity index (χ2v) is 6.90. The first-order valence-corrected chi connectivity index (χ1v) is 8.65. The molecule has 1 aliphatic carbocycles. The number of nitrogens with zero attached hydrogens (tertiary/aromatic N) is 1. The lowest BCUT2D eigenvalue weighted by atomic mass is 9.86. The zero-order valence-corrected chi connectivity index (χ0v) is 14.4. The van der Waals surface area contributed by atoms with Gasteiger partial charge in [0.05, 0.1) is 17.3 Å². The molecule has 1 unspecified atom stereocenters. The summed E-state index contributed by atoms with van der Waals surface area (Å²) in [5.41, 5.74) is 5.74. The maximum atomic E-state index is 4.74. The fraction of sp³-hybridized carbons (Fsp3) is 0.211. The van der Waals surface area contributed by atoms with E-state index < -0.39 is 0 Å². The highest BCUT2D eigenvalue weighted by Gasteiger charge is 2.28. The number of hydrogen-bond donors (Lipinski definition) is 2. The summed E-state index contributed by atoms with van der Waals surface area (Å²) in [6.45, 7) is 7.70. The summed E-state index contributed by atoms with van der Waals surface area (Å²) in [4.78, 5) is 11.8. The van der Waals surface area contributed by atoms with Crippen molar-refractivity contribution in [1.29, 1.82) is 0 Å². The summed E-state index contributed by atoms with van der Waals surface area (Å²) in [6.07, 6.45) is 6.97. The van der Waals surface area contributed by atoms with Crippen molar-refractivity contribution in [1.82, 2.24) is 15.0 Å². The second-order valence-electron chi connectivity index (χ2n) is 5.98. The monoisotopic (exact) mass is 367 g/mol.